The van der Waals surface area contributed by atoms with E-state index >= 15 is 0 Å². The highest BCUT2D eigenvalue weighted by atomic mass is 32.1. The first-order valence-corrected chi connectivity index (χ1v) is 7.64. The number of aliphatic carboxylic acids is 2. The summed E-state index contributed by atoms with van der Waals surface area (Å²) in [6, 6.07) is 10.0. The fourth-order valence-electron chi connectivity index (χ4n) is 2.60. The zero-order chi connectivity index (χ0) is 16.6. The third-order valence-corrected chi connectivity index (χ3v) is 4.76. The lowest BCUT2D eigenvalue weighted by Crippen LogP contribution is -2.26. The third-order valence-electron chi connectivity index (χ3n) is 3.50. The number of hydrogen-bond acceptors (Lipinski definition) is 6. The van der Waals surface area contributed by atoms with Crippen LogP contribution in [0.2, 0.25) is 0 Å². The first-order valence-electron chi connectivity index (χ1n) is 6.83. The summed E-state index contributed by atoms with van der Waals surface area (Å²) in [4.78, 5) is 34.4. The molecule has 0 radical (unpaired) electrons. The first kappa shape index (κ1) is 15.2. The Balaban J connectivity index is 2.39. The minimum Gasteiger partial charge on any atom is -0.550 e. The van der Waals surface area contributed by atoms with Crippen LogP contribution in [0.3, 0.4) is 0 Å². The van der Waals surface area contributed by atoms with Crippen LogP contribution in [0.25, 0.3) is 20.2 Å². The normalized spacial score (nSPS) is 11.0. The fourth-order valence-corrected chi connectivity index (χ4v) is 3.76. The molecular formula is C17H10O5S-2. The molecule has 0 saturated heterocycles. The van der Waals surface area contributed by atoms with Crippen LogP contribution in [0.5, 0.6) is 0 Å². The van der Waals surface area contributed by atoms with Crippen molar-refractivity contribution < 1.29 is 19.8 Å². The maximum atomic E-state index is 12.6. The molecule has 116 valence electrons. The van der Waals surface area contributed by atoms with Crippen molar-refractivity contribution in [3.8, 4) is 0 Å². The molecule has 0 aliphatic heterocycles. The number of carbonyl (C=O) groups is 2. The van der Waals surface area contributed by atoms with Crippen LogP contribution in [-0.2, 0) is 22.4 Å². The van der Waals surface area contributed by atoms with E-state index in [4.69, 9.17) is 0 Å². The van der Waals surface area contributed by atoms with Crippen LogP contribution in [-0.4, -0.2) is 11.9 Å². The second-order valence-corrected chi connectivity index (χ2v) is 6.21. The first-order chi connectivity index (χ1) is 11.0. The number of carboxylic acids is 2. The van der Waals surface area contributed by atoms with Gasteiger partial charge in [0, 0.05) is 45.0 Å². The smallest absolute Gasteiger partial charge is 0.195 e. The van der Waals surface area contributed by atoms with Gasteiger partial charge in [-0.1, -0.05) is 18.2 Å². The SMILES string of the molecule is O=C([O-])Cc1cc(CC(=O)[O-])c2sc3ccccc3c(=O)c2c1. The number of carbonyl (C=O) groups excluding carboxylic acids is 2. The molecule has 0 aliphatic carbocycles. The second kappa shape index (κ2) is 5.81. The Labute approximate surface area is 134 Å². The lowest BCUT2D eigenvalue weighted by molar-refractivity contribution is -0.305. The highest BCUT2D eigenvalue weighted by Crippen LogP contribution is 2.29. The summed E-state index contributed by atoms with van der Waals surface area (Å²) >= 11 is 1.31. The quantitative estimate of drug-likeness (QED) is 0.629. The molecule has 0 N–H and O–H groups in total. The maximum Gasteiger partial charge on any atom is 0.195 e. The average Bonchev–Trinajstić information content (AvgIpc) is 2.47. The summed E-state index contributed by atoms with van der Waals surface area (Å²) in [7, 11) is 0. The van der Waals surface area contributed by atoms with Crippen molar-refractivity contribution in [1.82, 2.24) is 0 Å². The Morgan fingerprint density at radius 2 is 1.65 bits per heavy atom. The Kier molecular flexibility index (Phi) is 3.83. The predicted octanol–water partition coefficient (Wildman–Crippen LogP) is -0.000500. The molecule has 1 heterocycles. The Morgan fingerprint density at radius 1 is 0.957 bits per heavy atom. The van der Waals surface area contributed by atoms with E-state index < -0.39 is 11.9 Å². The van der Waals surface area contributed by atoms with Crippen LogP contribution >= 0.6 is 11.3 Å². The van der Waals surface area contributed by atoms with Crippen LogP contribution < -0.4 is 15.6 Å². The molecule has 3 aromatic rings. The highest BCUT2D eigenvalue weighted by Gasteiger charge is 2.12. The molecule has 3 rings (SSSR count). The van der Waals surface area contributed by atoms with E-state index in [0.717, 1.165) is 4.70 Å². The number of rotatable bonds is 4. The molecule has 1 aromatic heterocycles. The van der Waals surface area contributed by atoms with Crippen LogP contribution in [0.4, 0.5) is 0 Å². The predicted molar refractivity (Wildman–Crippen MR) is 83.0 cm³/mol. The fraction of sp³-hybridized carbons (Fsp3) is 0.118. The van der Waals surface area contributed by atoms with Gasteiger partial charge in [-0.2, -0.15) is 0 Å². The van der Waals surface area contributed by atoms with Gasteiger partial charge < -0.3 is 19.8 Å². The standard InChI is InChI=1S/C17H12O5S/c18-14(19)7-9-5-10(8-15(20)21)17-12(6-9)16(22)11-3-1-2-4-13(11)23-17/h1-6H,7-8H2,(H,18,19)(H,20,21)/p-2. The summed E-state index contributed by atoms with van der Waals surface area (Å²) in [6.07, 6.45) is -0.765. The van der Waals surface area contributed by atoms with E-state index in [-0.39, 0.29) is 18.3 Å². The van der Waals surface area contributed by atoms with Gasteiger partial charge in [0.2, 0.25) is 0 Å². The minimum absolute atomic E-state index is 0.242. The number of carboxylic acid groups (broad SMARTS) is 2. The molecule has 0 unspecified atom stereocenters. The van der Waals surface area contributed by atoms with Gasteiger partial charge in [-0.3, -0.25) is 4.79 Å². The summed E-state index contributed by atoms with van der Waals surface area (Å²) in [6.45, 7) is 0. The zero-order valence-electron chi connectivity index (χ0n) is 11.8. The monoisotopic (exact) mass is 326 g/mol. The van der Waals surface area contributed by atoms with E-state index in [1.165, 1.54) is 23.5 Å². The third kappa shape index (κ3) is 2.93. The van der Waals surface area contributed by atoms with Gasteiger partial charge in [-0.05, 0) is 29.3 Å². The maximum absolute atomic E-state index is 12.6. The van der Waals surface area contributed by atoms with E-state index in [2.05, 4.69) is 0 Å². The Morgan fingerprint density at radius 3 is 2.35 bits per heavy atom. The molecule has 0 spiro atoms. The van der Waals surface area contributed by atoms with Gasteiger partial charge in [-0.15, -0.1) is 11.3 Å². The van der Waals surface area contributed by atoms with E-state index in [1.54, 1.807) is 24.3 Å². The largest absolute Gasteiger partial charge is 0.550 e. The molecule has 0 amide bonds. The van der Waals surface area contributed by atoms with Crippen molar-refractivity contribution >= 4 is 43.4 Å². The van der Waals surface area contributed by atoms with Crippen molar-refractivity contribution in [2.24, 2.45) is 0 Å². The van der Waals surface area contributed by atoms with Crippen LogP contribution in [0, 0.1) is 0 Å². The molecule has 0 saturated carbocycles. The molecule has 6 heteroatoms. The number of benzene rings is 2. The summed E-state index contributed by atoms with van der Waals surface area (Å²) in [5.74, 6) is -2.58. The van der Waals surface area contributed by atoms with E-state index in [9.17, 15) is 24.6 Å². The topological polar surface area (TPSA) is 97.3 Å². The number of hydrogen-bond donors (Lipinski definition) is 0. The molecule has 0 bridgehead atoms. The zero-order valence-corrected chi connectivity index (χ0v) is 12.6. The van der Waals surface area contributed by atoms with Gasteiger partial charge >= 0.3 is 0 Å². The summed E-state index contributed by atoms with van der Waals surface area (Å²) in [5, 5.41) is 22.6. The van der Waals surface area contributed by atoms with Crippen LogP contribution in [0.15, 0.2) is 41.2 Å². The van der Waals surface area contributed by atoms with Crippen molar-refractivity contribution in [3.05, 3.63) is 57.7 Å². The lowest BCUT2D eigenvalue weighted by Gasteiger charge is -2.11. The van der Waals surface area contributed by atoms with Crippen molar-refractivity contribution in [1.29, 1.82) is 0 Å². The molecule has 5 nitrogen and oxygen atoms in total. The van der Waals surface area contributed by atoms with Crippen molar-refractivity contribution in [2.45, 2.75) is 12.8 Å². The van der Waals surface area contributed by atoms with E-state index in [0.29, 0.717) is 26.6 Å². The number of fused-ring (bicyclic) bond motifs is 2. The molecule has 23 heavy (non-hydrogen) atoms. The highest BCUT2D eigenvalue weighted by molar-refractivity contribution is 7.24. The summed E-state index contributed by atoms with van der Waals surface area (Å²) in [5.41, 5.74) is 0.481. The molecule has 0 fully saturated rings. The Bertz CT molecular complexity index is 1000. The molecule has 2 aromatic carbocycles. The molecule has 0 atom stereocenters. The van der Waals surface area contributed by atoms with Crippen molar-refractivity contribution in [3.63, 3.8) is 0 Å². The lowest BCUT2D eigenvalue weighted by atomic mass is 10.0. The van der Waals surface area contributed by atoms with Crippen molar-refractivity contribution in [2.75, 3.05) is 0 Å². The van der Waals surface area contributed by atoms with Crippen LogP contribution in [0.1, 0.15) is 11.1 Å². The van der Waals surface area contributed by atoms with Gasteiger partial charge in [-0.25, -0.2) is 0 Å². The van der Waals surface area contributed by atoms with Gasteiger partial charge in [0.1, 0.15) is 0 Å². The van der Waals surface area contributed by atoms with E-state index in [1.807, 2.05) is 0 Å². The second-order valence-electron chi connectivity index (χ2n) is 5.16. The average molecular weight is 326 g/mol. The Hall–Kier alpha value is -2.73. The molecular weight excluding hydrogens is 316 g/mol. The molecule has 0 aliphatic rings. The van der Waals surface area contributed by atoms with Gasteiger partial charge in [0.15, 0.2) is 5.43 Å². The van der Waals surface area contributed by atoms with Gasteiger partial charge in [0.25, 0.3) is 0 Å². The summed E-state index contributed by atoms with van der Waals surface area (Å²) < 4.78 is 1.29. The van der Waals surface area contributed by atoms with Gasteiger partial charge in [0.05, 0.1) is 0 Å². The minimum atomic E-state index is -1.29.